The summed E-state index contributed by atoms with van der Waals surface area (Å²) < 4.78 is 0. The van der Waals surface area contributed by atoms with Gasteiger partial charge in [-0.1, -0.05) is 34.1 Å². The van der Waals surface area contributed by atoms with E-state index in [0.717, 1.165) is 43.0 Å². The highest BCUT2D eigenvalue weighted by Crippen LogP contribution is 2.18. The zero-order valence-corrected chi connectivity index (χ0v) is 14.3. The van der Waals surface area contributed by atoms with Gasteiger partial charge in [-0.05, 0) is 30.9 Å². The van der Waals surface area contributed by atoms with Crippen molar-refractivity contribution in [1.29, 1.82) is 0 Å². The van der Waals surface area contributed by atoms with Gasteiger partial charge in [-0.3, -0.25) is 4.79 Å². The molecule has 118 valence electrons. The van der Waals surface area contributed by atoms with Gasteiger partial charge in [0.1, 0.15) is 5.82 Å². The Labute approximate surface area is 129 Å². The minimum atomic E-state index is 0.0591. The van der Waals surface area contributed by atoms with Gasteiger partial charge in [0.05, 0.1) is 0 Å². The molecule has 1 heterocycles. The number of nitrogens with zero attached hydrogens (tertiary/aromatic N) is 2. The maximum absolute atomic E-state index is 12.6. The average Bonchev–Trinajstić information content (AvgIpc) is 2.36. The van der Waals surface area contributed by atoms with Crippen molar-refractivity contribution < 1.29 is 4.79 Å². The largest absolute Gasteiger partial charge is 0.370 e. The fraction of sp³-hybridized carbons (Fsp3) is 0.647. The number of rotatable bonds is 6. The van der Waals surface area contributed by atoms with Crippen LogP contribution in [0, 0.1) is 5.41 Å². The number of carbonyl (C=O) groups is 1. The number of hydrogen-bond donors (Lipinski definition) is 1. The van der Waals surface area contributed by atoms with Crippen LogP contribution in [0.15, 0.2) is 12.1 Å². The van der Waals surface area contributed by atoms with E-state index < -0.39 is 0 Å². The molecule has 0 fully saturated rings. The van der Waals surface area contributed by atoms with E-state index in [2.05, 4.69) is 38.0 Å². The monoisotopic (exact) mass is 291 g/mol. The van der Waals surface area contributed by atoms with Crippen LogP contribution in [0.1, 0.15) is 57.1 Å². The van der Waals surface area contributed by atoms with Crippen LogP contribution in [-0.2, 0) is 6.42 Å². The molecule has 1 N–H and O–H groups in total. The van der Waals surface area contributed by atoms with E-state index in [1.54, 1.807) is 4.90 Å². The predicted octanol–water partition coefficient (Wildman–Crippen LogP) is 3.58. The molecule has 1 amide bonds. The van der Waals surface area contributed by atoms with Gasteiger partial charge in [0, 0.05) is 31.4 Å². The Hall–Kier alpha value is -1.58. The summed E-state index contributed by atoms with van der Waals surface area (Å²) in [6.07, 6.45) is 1.91. The lowest BCUT2D eigenvalue weighted by molar-refractivity contribution is 0.0745. The van der Waals surface area contributed by atoms with Crippen molar-refractivity contribution in [2.45, 2.75) is 47.5 Å². The first-order valence-corrected chi connectivity index (χ1v) is 7.77. The van der Waals surface area contributed by atoms with Crippen LogP contribution in [-0.4, -0.2) is 35.9 Å². The highest BCUT2D eigenvalue weighted by atomic mass is 16.2. The summed E-state index contributed by atoms with van der Waals surface area (Å²) in [5.41, 5.74) is 1.79. The van der Waals surface area contributed by atoms with Crippen molar-refractivity contribution in [3.63, 3.8) is 0 Å². The van der Waals surface area contributed by atoms with E-state index in [9.17, 15) is 4.79 Å². The third-order valence-corrected chi connectivity index (χ3v) is 3.05. The van der Waals surface area contributed by atoms with Gasteiger partial charge in [-0.25, -0.2) is 4.98 Å². The Balaban J connectivity index is 3.01. The number of aryl methyl sites for hydroxylation is 1. The minimum absolute atomic E-state index is 0.0591. The molecule has 0 aliphatic rings. The highest BCUT2D eigenvalue weighted by Gasteiger charge is 2.19. The number of nitrogens with one attached hydrogen (secondary N) is 1. The molecule has 1 rings (SSSR count). The van der Waals surface area contributed by atoms with Crippen LogP contribution >= 0.6 is 0 Å². The molecular weight excluding hydrogens is 262 g/mol. The molecule has 0 spiro atoms. The maximum atomic E-state index is 12.6. The summed E-state index contributed by atoms with van der Waals surface area (Å²) in [6.45, 7) is 12.1. The molecule has 4 heteroatoms. The lowest BCUT2D eigenvalue weighted by Crippen LogP contribution is -2.34. The fourth-order valence-corrected chi connectivity index (χ4v) is 2.37. The van der Waals surface area contributed by atoms with Gasteiger partial charge in [0.25, 0.3) is 5.91 Å². The Morgan fingerprint density at radius 1 is 1.29 bits per heavy atom. The molecule has 0 aliphatic heterocycles. The summed E-state index contributed by atoms with van der Waals surface area (Å²) >= 11 is 0. The average molecular weight is 291 g/mol. The minimum Gasteiger partial charge on any atom is -0.370 e. The van der Waals surface area contributed by atoms with Crippen molar-refractivity contribution in [1.82, 2.24) is 9.88 Å². The Bertz CT molecular complexity index is 453. The third kappa shape index (κ3) is 5.74. The molecule has 0 unspecified atom stereocenters. The van der Waals surface area contributed by atoms with Crippen LogP contribution in [0.2, 0.25) is 0 Å². The van der Waals surface area contributed by atoms with E-state index in [-0.39, 0.29) is 11.3 Å². The van der Waals surface area contributed by atoms with Gasteiger partial charge < -0.3 is 10.2 Å². The van der Waals surface area contributed by atoms with E-state index in [1.807, 2.05) is 26.1 Å². The molecule has 0 saturated carbocycles. The summed E-state index contributed by atoms with van der Waals surface area (Å²) in [5.74, 6) is 0.847. The first kappa shape index (κ1) is 17.5. The van der Waals surface area contributed by atoms with E-state index in [4.69, 9.17) is 0 Å². The van der Waals surface area contributed by atoms with Crippen molar-refractivity contribution in [2.24, 2.45) is 5.41 Å². The van der Waals surface area contributed by atoms with E-state index in [1.165, 1.54) is 0 Å². The van der Waals surface area contributed by atoms with Crippen molar-refractivity contribution in [2.75, 3.05) is 25.5 Å². The second-order valence-electron chi connectivity index (χ2n) is 6.73. The summed E-state index contributed by atoms with van der Waals surface area (Å²) in [6, 6.07) is 3.77. The number of hydrogen-bond acceptors (Lipinski definition) is 3. The smallest absolute Gasteiger partial charge is 0.253 e. The zero-order valence-electron chi connectivity index (χ0n) is 14.3. The van der Waals surface area contributed by atoms with Crippen molar-refractivity contribution >= 4 is 11.7 Å². The van der Waals surface area contributed by atoms with Crippen LogP contribution in [0.4, 0.5) is 5.82 Å². The van der Waals surface area contributed by atoms with Gasteiger partial charge >= 0.3 is 0 Å². The molecule has 4 nitrogen and oxygen atoms in total. The summed E-state index contributed by atoms with van der Waals surface area (Å²) in [5, 5.41) is 3.21. The quantitative estimate of drug-likeness (QED) is 0.871. The molecule has 21 heavy (non-hydrogen) atoms. The third-order valence-electron chi connectivity index (χ3n) is 3.05. The molecule has 0 saturated heterocycles. The number of amides is 1. The van der Waals surface area contributed by atoms with E-state index >= 15 is 0 Å². The predicted molar refractivity (Wildman–Crippen MR) is 88.8 cm³/mol. The Morgan fingerprint density at radius 3 is 2.48 bits per heavy atom. The van der Waals surface area contributed by atoms with Gasteiger partial charge in [-0.2, -0.15) is 0 Å². The molecule has 0 bridgehead atoms. The normalized spacial score (nSPS) is 11.3. The molecule has 0 atom stereocenters. The second-order valence-corrected chi connectivity index (χ2v) is 6.73. The lowest BCUT2D eigenvalue weighted by atomic mass is 9.96. The highest BCUT2D eigenvalue weighted by molar-refractivity contribution is 5.94. The first-order chi connectivity index (χ1) is 9.76. The molecule has 1 aromatic rings. The van der Waals surface area contributed by atoms with Crippen LogP contribution in [0.3, 0.4) is 0 Å². The molecule has 0 aromatic carbocycles. The summed E-state index contributed by atoms with van der Waals surface area (Å²) in [4.78, 5) is 18.9. The SMILES string of the molecule is CCCc1cc(C(=O)N(C)CC(C)(C)C)cc(NCC)n1. The van der Waals surface area contributed by atoms with Gasteiger partial charge in [-0.15, -0.1) is 0 Å². The molecular formula is C17H29N3O. The lowest BCUT2D eigenvalue weighted by Gasteiger charge is -2.27. The number of carbonyl (C=O) groups excluding carboxylic acids is 1. The van der Waals surface area contributed by atoms with Crippen molar-refractivity contribution in [3.8, 4) is 0 Å². The maximum Gasteiger partial charge on any atom is 0.253 e. The fourth-order valence-electron chi connectivity index (χ4n) is 2.37. The molecule has 1 aromatic heterocycles. The van der Waals surface area contributed by atoms with Gasteiger partial charge in [0.2, 0.25) is 0 Å². The van der Waals surface area contributed by atoms with E-state index in [0.29, 0.717) is 0 Å². The molecule has 0 radical (unpaired) electrons. The van der Waals surface area contributed by atoms with Crippen LogP contribution in [0.25, 0.3) is 0 Å². The first-order valence-electron chi connectivity index (χ1n) is 7.77. The summed E-state index contributed by atoms with van der Waals surface area (Å²) in [7, 11) is 1.86. The number of aromatic nitrogens is 1. The van der Waals surface area contributed by atoms with Crippen molar-refractivity contribution in [3.05, 3.63) is 23.4 Å². The van der Waals surface area contributed by atoms with Gasteiger partial charge in [0.15, 0.2) is 0 Å². The molecule has 0 aliphatic carbocycles. The van der Waals surface area contributed by atoms with Crippen LogP contribution < -0.4 is 5.32 Å². The van der Waals surface area contributed by atoms with Crippen LogP contribution in [0.5, 0.6) is 0 Å². The standard InChI is InChI=1S/C17H29N3O/c1-7-9-14-10-13(11-15(19-14)18-8-2)16(21)20(6)12-17(3,4)5/h10-11H,7-9,12H2,1-6H3,(H,18,19). The number of pyridine rings is 1. The Kier molecular flexibility index (Phi) is 6.19. The zero-order chi connectivity index (χ0) is 16.0. The number of anilines is 1. The second kappa shape index (κ2) is 7.43. The Morgan fingerprint density at radius 2 is 1.95 bits per heavy atom. The topological polar surface area (TPSA) is 45.2 Å².